The number of rotatable bonds is 2. The lowest BCUT2D eigenvalue weighted by Crippen LogP contribution is -2.23. The summed E-state index contributed by atoms with van der Waals surface area (Å²) >= 11 is 0. The van der Waals surface area contributed by atoms with Gasteiger partial charge in [-0.15, -0.1) is 0 Å². The van der Waals surface area contributed by atoms with E-state index in [2.05, 4.69) is 31.3 Å². The second-order valence-corrected chi connectivity index (χ2v) is 5.44. The Bertz CT molecular complexity index is 397. The summed E-state index contributed by atoms with van der Waals surface area (Å²) in [6.45, 7) is 4.10. The van der Waals surface area contributed by atoms with Crippen LogP contribution in [0.3, 0.4) is 0 Å². The molecule has 18 heavy (non-hydrogen) atoms. The Morgan fingerprint density at radius 2 is 1.61 bits per heavy atom. The first kappa shape index (κ1) is 13.1. The van der Waals surface area contributed by atoms with Crippen LogP contribution in [0.1, 0.15) is 49.7 Å². The molecule has 0 aliphatic heterocycles. The summed E-state index contributed by atoms with van der Waals surface area (Å²) in [7, 11) is 0. The van der Waals surface area contributed by atoms with Crippen LogP contribution in [0.4, 0.5) is 5.69 Å². The molecular formula is C16H23NO. The molecule has 1 aromatic carbocycles. The average molecular weight is 245 g/mol. The van der Waals surface area contributed by atoms with E-state index in [0.717, 1.165) is 29.7 Å². The Morgan fingerprint density at radius 1 is 1.06 bits per heavy atom. The SMILES string of the molecule is Cc1cccc(C)c1NC(=O)C1CCCCCC1. The highest BCUT2D eigenvalue weighted by molar-refractivity contribution is 5.94. The number of hydrogen-bond acceptors (Lipinski definition) is 1. The molecule has 2 rings (SSSR count). The standard InChI is InChI=1S/C16H23NO/c1-12-8-7-9-13(2)15(12)17-16(18)14-10-5-3-4-6-11-14/h7-9,14H,3-6,10-11H2,1-2H3,(H,17,18). The van der Waals surface area contributed by atoms with Gasteiger partial charge in [0, 0.05) is 11.6 Å². The van der Waals surface area contributed by atoms with Crippen molar-refractivity contribution in [3.8, 4) is 0 Å². The van der Waals surface area contributed by atoms with Crippen LogP contribution in [0, 0.1) is 19.8 Å². The summed E-state index contributed by atoms with van der Waals surface area (Å²) in [4.78, 5) is 12.3. The first-order valence-corrected chi connectivity index (χ1v) is 7.05. The van der Waals surface area contributed by atoms with Crippen LogP contribution in [0.15, 0.2) is 18.2 Å². The Morgan fingerprint density at radius 3 is 2.17 bits per heavy atom. The van der Waals surface area contributed by atoms with Gasteiger partial charge in [0.1, 0.15) is 0 Å². The zero-order valence-corrected chi connectivity index (χ0v) is 11.5. The van der Waals surface area contributed by atoms with Crippen molar-refractivity contribution < 1.29 is 4.79 Å². The van der Waals surface area contributed by atoms with Crippen molar-refractivity contribution in [3.05, 3.63) is 29.3 Å². The van der Waals surface area contributed by atoms with E-state index in [4.69, 9.17) is 0 Å². The highest BCUT2D eigenvalue weighted by Gasteiger charge is 2.20. The predicted octanol–water partition coefficient (Wildman–Crippen LogP) is 4.21. The Labute approximate surface area is 110 Å². The summed E-state index contributed by atoms with van der Waals surface area (Å²) in [5.41, 5.74) is 3.31. The van der Waals surface area contributed by atoms with Gasteiger partial charge in [0.2, 0.25) is 5.91 Å². The zero-order valence-electron chi connectivity index (χ0n) is 11.5. The second-order valence-electron chi connectivity index (χ2n) is 5.44. The lowest BCUT2D eigenvalue weighted by molar-refractivity contribution is -0.120. The van der Waals surface area contributed by atoms with Crippen molar-refractivity contribution in [2.45, 2.75) is 52.4 Å². The first-order chi connectivity index (χ1) is 8.68. The number of benzene rings is 1. The van der Waals surface area contributed by atoms with Crippen LogP contribution in [-0.2, 0) is 4.79 Å². The first-order valence-electron chi connectivity index (χ1n) is 7.05. The van der Waals surface area contributed by atoms with Gasteiger partial charge in [-0.2, -0.15) is 0 Å². The Hall–Kier alpha value is -1.31. The third-order valence-corrected chi connectivity index (χ3v) is 3.96. The number of nitrogens with one attached hydrogen (secondary N) is 1. The van der Waals surface area contributed by atoms with Crippen molar-refractivity contribution in [2.75, 3.05) is 5.32 Å². The van der Waals surface area contributed by atoms with Gasteiger partial charge < -0.3 is 5.32 Å². The van der Waals surface area contributed by atoms with Crippen LogP contribution in [0.25, 0.3) is 0 Å². The molecule has 1 aliphatic rings. The van der Waals surface area contributed by atoms with Crippen LogP contribution in [0.5, 0.6) is 0 Å². The van der Waals surface area contributed by atoms with Gasteiger partial charge in [0.05, 0.1) is 0 Å². The summed E-state index contributed by atoms with van der Waals surface area (Å²) in [5, 5.41) is 3.14. The summed E-state index contributed by atoms with van der Waals surface area (Å²) in [6, 6.07) is 6.14. The van der Waals surface area contributed by atoms with Gasteiger partial charge in [0.25, 0.3) is 0 Å². The lowest BCUT2D eigenvalue weighted by atomic mass is 9.99. The van der Waals surface area contributed by atoms with Crippen molar-refractivity contribution in [1.29, 1.82) is 0 Å². The number of anilines is 1. The quantitative estimate of drug-likeness (QED) is 0.777. The molecule has 2 nitrogen and oxygen atoms in total. The molecule has 0 atom stereocenters. The molecule has 0 bridgehead atoms. The van der Waals surface area contributed by atoms with Crippen LogP contribution in [-0.4, -0.2) is 5.91 Å². The molecule has 0 unspecified atom stereocenters. The van der Waals surface area contributed by atoms with E-state index in [0.29, 0.717) is 0 Å². The average Bonchev–Trinajstić information content (AvgIpc) is 2.62. The van der Waals surface area contributed by atoms with Gasteiger partial charge in [-0.1, -0.05) is 43.9 Å². The number of hydrogen-bond donors (Lipinski definition) is 1. The maximum absolute atomic E-state index is 12.3. The van der Waals surface area contributed by atoms with E-state index in [1.807, 2.05) is 6.07 Å². The summed E-state index contributed by atoms with van der Waals surface area (Å²) in [6.07, 6.45) is 7.07. The molecule has 0 saturated heterocycles. The lowest BCUT2D eigenvalue weighted by Gasteiger charge is -2.17. The van der Waals surface area contributed by atoms with Crippen molar-refractivity contribution in [1.82, 2.24) is 0 Å². The van der Waals surface area contributed by atoms with E-state index in [1.54, 1.807) is 0 Å². The molecule has 0 aromatic heterocycles. The predicted molar refractivity (Wildman–Crippen MR) is 75.7 cm³/mol. The molecular weight excluding hydrogens is 222 g/mol. The largest absolute Gasteiger partial charge is 0.325 e. The third kappa shape index (κ3) is 3.12. The molecule has 1 saturated carbocycles. The number of carbonyl (C=O) groups is 1. The number of aryl methyl sites for hydroxylation is 2. The molecule has 1 N–H and O–H groups in total. The van der Waals surface area contributed by atoms with E-state index >= 15 is 0 Å². The maximum atomic E-state index is 12.3. The number of para-hydroxylation sites is 1. The van der Waals surface area contributed by atoms with E-state index in [9.17, 15) is 4.79 Å². The number of carbonyl (C=O) groups excluding carboxylic acids is 1. The van der Waals surface area contributed by atoms with Crippen LogP contribution < -0.4 is 5.32 Å². The maximum Gasteiger partial charge on any atom is 0.227 e. The fraction of sp³-hybridized carbons (Fsp3) is 0.562. The van der Waals surface area contributed by atoms with Crippen molar-refractivity contribution in [3.63, 3.8) is 0 Å². The van der Waals surface area contributed by atoms with E-state index in [-0.39, 0.29) is 11.8 Å². The van der Waals surface area contributed by atoms with Gasteiger partial charge in [-0.05, 0) is 37.8 Å². The fourth-order valence-electron chi connectivity index (χ4n) is 2.78. The van der Waals surface area contributed by atoms with Gasteiger partial charge in [-0.25, -0.2) is 0 Å². The van der Waals surface area contributed by atoms with E-state index < -0.39 is 0 Å². The smallest absolute Gasteiger partial charge is 0.227 e. The normalized spacial score (nSPS) is 17.2. The summed E-state index contributed by atoms with van der Waals surface area (Å²) in [5.74, 6) is 0.431. The van der Waals surface area contributed by atoms with Gasteiger partial charge in [0.15, 0.2) is 0 Å². The fourth-order valence-corrected chi connectivity index (χ4v) is 2.78. The zero-order chi connectivity index (χ0) is 13.0. The minimum absolute atomic E-state index is 0.214. The van der Waals surface area contributed by atoms with Crippen molar-refractivity contribution in [2.24, 2.45) is 5.92 Å². The second kappa shape index (κ2) is 6.03. The topological polar surface area (TPSA) is 29.1 Å². The van der Waals surface area contributed by atoms with E-state index in [1.165, 1.54) is 25.7 Å². The highest BCUT2D eigenvalue weighted by atomic mass is 16.1. The highest BCUT2D eigenvalue weighted by Crippen LogP contribution is 2.26. The molecule has 98 valence electrons. The van der Waals surface area contributed by atoms with Crippen LogP contribution in [0.2, 0.25) is 0 Å². The third-order valence-electron chi connectivity index (χ3n) is 3.96. The Balaban J connectivity index is 2.06. The molecule has 0 spiro atoms. The van der Waals surface area contributed by atoms with Crippen LogP contribution >= 0.6 is 0 Å². The minimum atomic E-state index is 0.214. The van der Waals surface area contributed by atoms with Gasteiger partial charge >= 0.3 is 0 Å². The molecule has 1 aliphatic carbocycles. The molecule has 1 fully saturated rings. The molecule has 1 amide bonds. The Kier molecular flexibility index (Phi) is 4.40. The summed E-state index contributed by atoms with van der Waals surface area (Å²) < 4.78 is 0. The van der Waals surface area contributed by atoms with Gasteiger partial charge in [-0.3, -0.25) is 4.79 Å². The molecule has 2 heteroatoms. The molecule has 0 radical (unpaired) electrons. The number of amides is 1. The molecule has 0 heterocycles. The minimum Gasteiger partial charge on any atom is -0.325 e. The molecule has 1 aromatic rings. The monoisotopic (exact) mass is 245 g/mol. The van der Waals surface area contributed by atoms with Crippen molar-refractivity contribution >= 4 is 11.6 Å².